The summed E-state index contributed by atoms with van der Waals surface area (Å²) in [5.41, 5.74) is 0.988. The maximum absolute atomic E-state index is 12.0. The zero-order valence-electron chi connectivity index (χ0n) is 15.0. The number of nitrogens with one attached hydrogen (secondary N) is 2. The summed E-state index contributed by atoms with van der Waals surface area (Å²) >= 11 is 1.66. The van der Waals surface area contributed by atoms with E-state index in [1.807, 2.05) is 34.5 Å². The minimum absolute atomic E-state index is 0.0333. The molecule has 2 heterocycles. The Kier molecular flexibility index (Phi) is 6.47. The van der Waals surface area contributed by atoms with Crippen LogP contribution in [-0.4, -0.2) is 72.2 Å². The van der Waals surface area contributed by atoms with E-state index in [1.165, 1.54) is 0 Å². The van der Waals surface area contributed by atoms with Crippen molar-refractivity contribution in [3.63, 3.8) is 0 Å². The SMILES string of the molecule is O=C(CN1CCN(Cc2nc3ccccc3s2)CC1)NC(=O)NCC(F)(F)F. The number of carbonyl (C=O) groups is 2. The Labute approximate surface area is 163 Å². The third kappa shape index (κ3) is 6.14. The summed E-state index contributed by atoms with van der Waals surface area (Å²) in [4.78, 5) is 31.8. The number of aromatic nitrogens is 1. The highest BCUT2D eigenvalue weighted by Gasteiger charge is 2.28. The minimum atomic E-state index is -4.51. The van der Waals surface area contributed by atoms with Gasteiger partial charge in [-0.15, -0.1) is 11.3 Å². The number of rotatable bonds is 5. The topological polar surface area (TPSA) is 77.6 Å². The van der Waals surface area contributed by atoms with Crippen LogP contribution in [0.25, 0.3) is 10.2 Å². The largest absolute Gasteiger partial charge is 0.405 e. The van der Waals surface area contributed by atoms with Crippen LogP contribution in [0.4, 0.5) is 18.0 Å². The zero-order valence-corrected chi connectivity index (χ0v) is 15.8. The zero-order chi connectivity index (χ0) is 20.1. The van der Waals surface area contributed by atoms with Crippen LogP contribution in [0.3, 0.4) is 0 Å². The Morgan fingerprint density at radius 1 is 1.11 bits per heavy atom. The standard InChI is InChI=1S/C17H20F3N5O2S/c18-17(19,20)11-21-16(27)23-14(26)9-24-5-7-25(8-6-24)10-15-22-12-3-1-2-4-13(12)28-15/h1-4H,5-11H2,(H2,21,23,26,27). The van der Waals surface area contributed by atoms with Crippen molar-refractivity contribution in [1.82, 2.24) is 25.4 Å². The molecule has 0 bridgehead atoms. The predicted molar refractivity (Wildman–Crippen MR) is 98.9 cm³/mol. The van der Waals surface area contributed by atoms with E-state index < -0.39 is 24.7 Å². The number of hydrogen-bond acceptors (Lipinski definition) is 6. The van der Waals surface area contributed by atoms with Gasteiger partial charge in [-0.05, 0) is 12.1 Å². The van der Waals surface area contributed by atoms with Gasteiger partial charge in [-0.25, -0.2) is 9.78 Å². The molecule has 152 valence electrons. The molecule has 0 atom stereocenters. The first-order chi connectivity index (χ1) is 13.3. The second-order valence-corrected chi connectivity index (χ2v) is 7.59. The van der Waals surface area contributed by atoms with Crippen LogP contribution in [0.15, 0.2) is 24.3 Å². The molecule has 1 aromatic carbocycles. The number of nitrogens with zero attached hydrogens (tertiary/aromatic N) is 3. The molecule has 0 unspecified atom stereocenters. The molecule has 1 fully saturated rings. The number of alkyl halides is 3. The molecule has 3 amide bonds. The predicted octanol–water partition coefficient (Wildman–Crippen LogP) is 1.80. The van der Waals surface area contributed by atoms with Gasteiger partial charge in [-0.3, -0.25) is 19.9 Å². The van der Waals surface area contributed by atoms with Gasteiger partial charge < -0.3 is 5.32 Å². The molecular weight excluding hydrogens is 395 g/mol. The summed E-state index contributed by atoms with van der Waals surface area (Å²) < 4.78 is 37.3. The van der Waals surface area contributed by atoms with Crippen molar-refractivity contribution in [3.05, 3.63) is 29.3 Å². The highest BCUT2D eigenvalue weighted by molar-refractivity contribution is 7.18. The van der Waals surface area contributed by atoms with Gasteiger partial charge in [0.15, 0.2) is 0 Å². The van der Waals surface area contributed by atoms with Gasteiger partial charge >= 0.3 is 12.2 Å². The normalized spacial score (nSPS) is 16.2. The third-order valence-corrected chi connectivity index (χ3v) is 5.25. The van der Waals surface area contributed by atoms with Gasteiger partial charge in [0.2, 0.25) is 5.91 Å². The minimum Gasteiger partial charge on any atom is -0.329 e. The van der Waals surface area contributed by atoms with Crippen molar-refractivity contribution in [3.8, 4) is 0 Å². The summed E-state index contributed by atoms with van der Waals surface area (Å²) in [6.45, 7) is 1.96. The Morgan fingerprint density at radius 3 is 2.46 bits per heavy atom. The lowest BCUT2D eigenvalue weighted by Gasteiger charge is -2.33. The Hall–Kier alpha value is -2.24. The molecule has 1 aliphatic heterocycles. The molecular formula is C17H20F3N5O2S. The number of imide groups is 1. The average molecular weight is 415 g/mol. The van der Waals surface area contributed by atoms with Crippen LogP contribution in [-0.2, 0) is 11.3 Å². The number of thiazole rings is 1. The molecule has 7 nitrogen and oxygen atoms in total. The number of amides is 3. The van der Waals surface area contributed by atoms with Crippen LogP contribution in [0.1, 0.15) is 5.01 Å². The van der Waals surface area contributed by atoms with Crippen molar-refractivity contribution < 1.29 is 22.8 Å². The van der Waals surface area contributed by atoms with Crippen LogP contribution in [0.5, 0.6) is 0 Å². The summed E-state index contributed by atoms with van der Waals surface area (Å²) in [7, 11) is 0. The highest BCUT2D eigenvalue weighted by Crippen LogP contribution is 2.23. The second-order valence-electron chi connectivity index (χ2n) is 6.47. The molecule has 3 rings (SSSR count). The van der Waals surface area contributed by atoms with E-state index >= 15 is 0 Å². The van der Waals surface area contributed by atoms with E-state index in [2.05, 4.69) is 9.88 Å². The smallest absolute Gasteiger partial charge is 0.329 e. The van der Waals surface area contributed by atoms with Crippen LogP contribution in [0, 0.1) is 0 Å². The molecule has 0 spiro atoms. The van der Waals surface area contributed by atoms with Crippen molar-refractivity contribution in [2.75, 3.05) is 39.3 Å². The van der Waals surface area contributed by atoms with Crippen LogP contribution in [0.2, 0.25) is 0 Å². The van der Waals surface area contributed by atoms with Crippen molar-refractivity contribution in [1.29, 1.82) is 0 Å². The lowest BCUT2D eigenvalue weighted by Crippen LogP contribution is -2.51. The molecule has 0 aliphatic carbocycles. The van der Waals surface area contributed by atoms with Crippen LogP contribution >= 0.6 is 11.3 Å². The first-order valence-electron chi connectivity index (χ1n) is 8.72. The van der Waals surface area contributed by atoms with Gasteiger partial charge in [0, 0.05) is 26.2 Å². The van der Waals surface area contributed by atoms with Crippen molar-refractivity contribution in [2.24, 2.45) is 0 Å². The summed E-state index contributed by atoms with van der Waals surface area (Å²) in [5, 5.41) is 4.56. The fourth-order valence-electron chi connectivity index (χ4n) is 2.88. The van der Waals surface area contributed by atoms with E-state index in [4.69, 9.17) is 0 Å². The Balaban J connectivity index is 1.39. The Bertz CT molecular complexity index is 801. The molecule has 0 saturated carbocycles. The first-order valence-corrected chi connectivity index (χ1v) is 9.54. The molecule has 1 aliphatic rings. The van der Waals surface area contributed by atoms with Gasteiger partial charge in [0.05, 0.1) is 23.3 Å². The molecule has 11 heteroatoms. The maximum atomic E-state index is 12.0. The molecule has 2 aromatic rings. The van der Waals surface area contributed by atoms with E-state index in [-0.39, 0.29) is 6.54 Å². The number of piperazine rings is 1. The van der Waals surface area contributed by atoms with E-state index in [1.54, 1.807) is 16.7 Å². The number of benzene rings is 1. The van der Waals surface area contributed by atoms with Gasteiger partial charge in [-0.2, -0.15) is 13.2 Å². The fourth-order valence-corrected chi connectivity index (χ4v) is 3.89. The van der Waals surface area contributed by atoms with Gasteiger partial charge in [0.25, 0.3) is 0 Å². The second kappa shape index (κ2) is 8.84. The quantitative estimate of drug-likeness (QED) is 0.779. The molecule has 1 aromatic heterocycles. The lowest BCUT2D eigenvalue weighted by atomic mass is 10.3. The number of para-hydroxylation sites is 1. The Morgan fingerprint density at radius 2 is 1.79 bits per heavy atom. The van der Waals surface area contributed by atoms with E-state index in [0.29, 0.717) is 13.1 Å². The maximum Gasteiger partial charge on any atom is 0.405 e. The monoisotopic (exact) mass is 415 g/mol. The molecule has 0 radical (unpaired) electrons. The molecule has 2 N–H and O–H groups in total. The van der Waals surface area contributed by atoms with E-state index in [9.17, 15) is 22.8 Å². The van der Waals surface area contributed by atoms with Gasteiger partial charge in [-0.1, -0.05) is 12.1 Å². The summed E-state index contributed by atoms with van der Waals surface area (Å²) in [5.74, 6) is -0.626. The number of fused-ring (bicyclic) bond motifs is 1. The average Bonchev–Trinajstić information content (AvgIpc) is 3.03. The van der Waals surface area contributed by atoms with Gasteiger partial charge in [0.1, 0.15) is 11.6 Å². The number of halogens is 3. The number of urea groups is 1. The number of hydrogen-bond donors (Lipinski definition) is 2. The molecule has 1 saturated heterocycles. The highest BCUT2D eigenvalue weighted by atomic mass is 32.1. The number of carbonyl (C=O) groups excluding carboxylic acids is 2. The van der Waals surface area contributed by atoms with E-state index in [0.717, 1.165) is 34.9 Å². The molecule has 28 heavy (non-hydrogen) atoms. The summed E-state index contributed by atoms with van der Waals surface area (Å²) in [6.07, 6.45) is -4.51. The first kappa shape index (κ1) is 20.5. The lowest BCUT2D eigenvalue weighted by molar-refractivity contribution is -0.125. The fraction of sp³-hybridized carbons (Fsp3) is 0.471. The summed E-state index contributed by atoms with van der Waals surface area (Å²) in [6, 6.07) is 6.82. The third-order valence-electron chi connectivity index (χ3n) is 4.23. The van der Waals surface area contributed by atoms with Crippen molar-refractivity contribution >= 4 is 33.5 Å². The van der Waals surface area contributed by atoms with Crippen molar-refractivity contribution in [2.45, 2.75) is 12.7 Å². The van der Waals surface area contributed by atoms with Crippen LogP contribution < -0.4 is 10.6 Å².